The summed E-state index contributed by atoms with van der Waals surface area (Å²) in [5, 5.41) is 3.95. The van der Waals surface area contributed by atoms with Crippen molar-refractivity contribution in [1.82, 2.24) is 9.97 Å². The standard InChI is InChI=1S/C27H27N3O7/c1-33-8-10-36-25-14-21-23(15-26(25)37-11-9-34-2)28-16-29-27(21)30-22-6-5-18(35-3)13-19(22)20-12-17(31)4-7-24(20)32/h4-7,12-16H,8-11H2,1-3H3,(H,28,29,30). The number of methoxy groups -OCH3 is 3. The molecule has 37 heavy (non-hydrogen) atoms. The summed E-state index contributed by atoms with van der Waals surface area (Å²) in [5.74, 6) is 1.47. The third kappa shape index (κ3) is 6.11. The van der Waals surface area contributed by atoms with Crippen molar-refractivity contribution in [2.45, 2.75) is 0 Å². The first-order valence-electron chi connectivity index (χ1n) is 11.5. The van der Waals surface area contributed by atoms with Gasteiger partial charge >= 0.3 is 0 Å². The third-order valence-corrected chi connectivity index (χ3v) is 5.51. The summed E-state index contributed by atoms with van der Waals surface area (Å²) in [6.45, 7) is 1.47. The molecule has 0 saturated carbocycles. The Bertz CT molecular complexity index is 1370. The number of hydrogen-bond donors (Lipinski definition) is 1. The number of ether oxygens (including phenoxy) is 5. The molecule has 1 aromatic heterocycles. The van der Waals surface area contributed by atoms with E-state index in [0.717, 1.165) is 0 Å². The largest absolute Gasteiger partial charge is 0.497 e. The lowest BCUT2D eigenvalue weighted by Gasteiger charge is -2.17. The Morgan fingerprint density at radius 3 is 2.27 bits per heavy atom. The number of nitrogens with one attached hydrogen (secondary N) is 1. The van der Waals surface area contributed by atoms with Crippen LogP contribution in [-0.2, 0) is 19.1 Å². The van der Waals surface area contributed by atoms with Crippen LogP contribution in [0.5, 0.6) is 17.2 Å². The number of allylic oxidation sites excluding steroid dienone is 4. The number of aromatic nitrogens is 2. The van der Waals surface area contributed by atoms with Crippen molar-refractivity contribution in [1.29, 1.82) is 0 Å². The van der Waals surface area contributed by atoms with E-state index in [1.54, 1.807) is 44.6 Å². The van der Waals surface area contributed by atoms with Gasteiger partial charge in [-0.25, -0.2) is 9.97 Å². The predicted molar refractivity (Wildman–Crippen MR) is 138 cm³/mol. The number of hydrogen-bond acceptors (Lipinski definition) is 10. The fourth-order valence-electron chi connectivity index (χ4n) is 3.69. The third-order valence-electron chi connectivity index (χ3n) is 5.51. The lowest BCUT2D eigenvalue weighted by molar-refractivity contribution is -0.113. The number of carbonyl (C=O) groups is 2. The molecule has 10 nitrogen and oxygen atoms in total. The normalized spacial score (nSPS) is 13.0. The van der Waals surface area contributed by atoms with Gasteiger partial charge in [-0.05, 0) is 42.5 Å². The molecule has 0 spiro atoms. The Kier molecular flexibility index (Phi) is 8.44. The van der Waals surface area contributed by atoms with Gasteiger partial charge in [0, 0.05) is 42.5 Å². The predicted octanol–water partition coefficient (Wildman–Crippen LogP) is 3.52. The van der Waals surface area contributed by atoms with Gasteiger partial charge in [-0.2, -0.15) is 0 Å². The van der Waals surface area contributed by atoms with Gasteiger partial charge in [0.15, 0.2) is 23.1 Å². The van der Waals surface area contributed by atoms with Gasteiger partial charge in [-0.3, -0.25) is 9.59 Å². The number of benzene rings is 2. The van der Waals surface area contributed by atoms with E-state index < -0.39 is 0 Å². The SMILES string of the molecule is COCCOc1cc2ncnc(Nc3ccc(OC)cc3C3=CC(=O)C=CC3=O)c2cc1OCCOC. The van der Waals surface area contributed by atoms with Gasteiger partial charge in [0.25, 0.3) is 0 Å². The highest BCUT2D eigenvalue weighted by Crippen LogP contribution is 2.37. The van der Waals surface area contributed by atoms with Crippen LogP contribution in [0.1, 0.15) is 5.56 Å². The molecular formula is C27H27N3O7. The topological polar surface area (TPSA) is 118 Å². The Morgan fingerprint density at radius 1 is 0.838 bits per heavy atom. The first kappa shape index (κ1) is 25.8. The zero-order valence-electron chi connectivity index (χ0n) is 20.8. The minimum absolute atomic E-state index is 0.254. The molecule has 1 heterocycles. The lowest BCUT2D eigenvalue weighted by Crippen LogP contribution is -2.10. The van der Waals surface area contributed by atoms with Gasteiger partial charge in [0.1, 0.15) is 31.1 Å². The van der Waals surface area contributed by atoms with Crippen LogP contribution in [0.3, 0.4) is 0 Å². The van der Waals surface area contributed by atoms with Crippen LogP contribution in [0.15, 0.2) is 54.9 Å². The molecule has 0 saturated heterocycles. The van der Waals surface area contributed by atoms with E-state index in [0.29, 0.717) is 71.6 Å². The maximum atomic E-state index is 12.6. The summed E-state index contributed by atoms with van der Waals surface area (Å²) >= 11 is 0. The molecule has 0 unspecified atom stereocenters. The molecule has 0 amide bonds. The number of ketones is 2. The first-order chi connectivity index (χ1) is 18.0. The summed E-state index contributed by atoms with van der Waals surface area (Å²) < 4.78 is 27.3. The van der Waals surface area contributed by atoms with Gasteiger partial charge in [-0.15, -0.1) is 0 Å². The van der Waals surface area contributed by atoms with Gasteiger partial charge in [0.2, 0.25) is 0 Å². The minimum Gasteiger partial charge on any atom is -0.497 e. The minimum atomic E-state index is -0.282. The lowest BCUT2D eigenvalue weighted by atomic mass is 9.94. The highest BCUT2D eigenvalue weighted by Gasteiger charge is 2.20. The Labute approximate surface area is 213 Å². The van der Waals surface area contributed by atoms with Crippen LogP contribution < -0.4 is 19.5 Å². The molecule has 0 bridgehead atoms. The second-order valence-corrected chi connectivity index (χ2v) is 7.92. The van der Waals surface area contributed by atoms with E-state index in [1.807, 2.05) is 0 Å². The maximum Gasteiger partial charge on any atom is 0.186 e. The van der Waals surface area contributed by atoms with E-state index in [9.17, 15) is 9.59 Å². The van der Waals surface area contributed by atoms with E-state index >= 15 is 0 Å². The number of nitrogens with zero attached hydrogens (tertiary/aromatic N) is 2. The zero-order chi connectivity index (χ0) is 26.2. The first-order valence-corrected chi connectivity index (χ1v) is 11.5. The van der Waals surface area contributed by atoms with Crippen LogP contribution in [0.25, 0.3) is 16.5 Å². The molecule has 192 valence electrons. The summed E-state index contributed by atoms with van der Waals surface area (Å²) in [6, 6.07) is 8.77. The van der Waals surface area contributed by atoms with Crippen LogP contribution in [0.4, 0.5) is 11.5 Å². The van der Waals surface area contributed by atoms with Crippen molar-refractivity contribution in [3.05, 3.63) is 60.5 Å². The molecule has 0 atom stereocenters. The molecule has 3 aromatic rings. The highest BCUT2D eigenvalue weighted by atomic mass is 16.5. The average molecular weight is 506 g/mol. The second-order valence-electron chi connectivity index (χ2n) is 7.92. The summed E-state index contributed by atoms with van der Waals surface area (Å²) in [6.07, 6.45) is 5.24. The Hall–Kier alpha value is -4.28. The molecule has 0 fully saturated rings. The van der Waals surface area contributed by atoms with Crippen LogP contribution in [0, 0.1) is 0 Å². The smallest absolute Gasteiger partial charge is 0.186 e. The van der Waals surface area contributed by atoms with Crippen LogP contribution in [0.2, 0.25) is 0 Å². The number of carbonyl (C=O) groups excluding carboxylic acids is 2. The monoisotopic (exact) mass is 505 g/mol. The van der Waals surface area contributed by atoms with E-state index in [4.69, 9.17) is 23.7 Å². The highest BCUT2D eigenvalue weighted by molar-refractivity contribution is 6.34. The molecule has 0 radical (unpaired) electrons. The Balaban J connectivity index is 1.76. The van der Waals surface area contributed by atoms with Crippen molar-refractivity contribution in [2.24, 2.45) is 0 Å². The van der Waals surface area contributed by atoms with Crippen molar-refractivity contribution >= 4 is 39.5 Å². The fourth-order valence-corrected chi connectivity index (χ4v) is 3.69. The quantitative estimate of drug-likeness (QED) is 0.289. The molecule has 0 aliphatic heterocycles. The van der Waals surface area contributed by atoms with Crippen LogP contribution >= 0.6 is 0 Å². The summed E-state index contributed by atoms with van der Waals surface area (Å²) in [7, 11) is 4.73. The zero-order valence-corrected chi connectivity index (χ0v) is 20.8. The molecule has 1 aliphatic rings. The van der Waals surface area contributed by atoms with E-state index in [1.165, 1.54) is 31.7 Å². The summed E-state index contributed by atoms with van der Waals surface area (Å²) in [5.41, 5.74) is 1.94. The van der Waals surface area contributed by atoms with Crippen molar-refractivity contribution < 1.29 is 33.3 Å². The van der Waals surface area contributed by atoms with Crippen molar-refractivity contribution in [3.63, 3.8) is 0 Å². The van der Waals surface area contributed by atoms with Gasteiger partial charge in [0.05, 0.1) is 25.8 Å². The van der Waals surface area contributed by atoms with E-state index in [2.05, 4.69) is 15.3 Å². The molecule has 10 heteroatoms. The van der Waals surface area contributed by atoms with E-state index in [-0.39, 0.29) is 17.1 Å². The molecule has 1 N–H and O–H groups in total. The van der Waals surface area contributed by atoms with Crippen molar-refractivity contribution in [3.8, 4) is 17.2 Å². The van der Waals surface area contributed by atoms with Gasteiger partial charge < -0.3 is 29.0 Å². The Morgan fingerprint density at radius 2 is 1.57 bits per heavy atom. The number of rotatable bonds is 12. The molecule has 4 rings (SSSR count). The molecule has 1 aliphatic carbocycles. The molecule has 2 aromatic carbocycles. The second kappa shape index (κ2) is 12.1. The fraction of sp³-hybridized carbons (Fsp3) is 0.259. The molecular weight excluding hydrogens is 478 g/mol. The average Bonchev–Trinajstić information content (AvgIpc) is 2.91. The van der Waals surface area contributed by atoms with Crippen molar-refractivity contribution in [2.75, 3.05) is 53.1 Å². The van der Waals surface area contributed by atoms with Crippen LogP contribution in [-0.4, -0.2) is 69.3 Å². The number of fused-ring (bicyclic) bond motifs is 1. The van der Waals surface area contributed by atoms with Gasteiger partial charge in [-0.1, -0.05) is 0 Å². The number of anilines is 2. The summed E-state index contributed by atoms with van der Waals surface area (Å²) in [4.78, 5) is 33.5. The maximum absolute atomic E-state index is 12.6.